The van der Waals surface area contributed by atoms with Gasteiger partial charge < -0.3 is 4.90 Å². The number of rotatable bonds is 3. The van der Waals surface area contributed by atoms with Crippen LogP contribution in [-0.4, -0.2) is 47.1 Å². The number of hydrogen-bond donors (Lipinski definition) is 0. The zero-order valence-electron chi connectivity index (χ0n) is 11.4. The smallest absolute Gasteiger partial charge is 0.133 e. The molecule has 1 fully saturated rings. The molecule has 1 unspecified atom stereocenters. The van der Waals surface area contributed by atoms with E-state index in [1.807, 2.05) is 6.07 Å². The number of anilines is 1. The second-order valence-electron chi connectivity index (χ2n) is 4.74. The minimum absolute atomic E-state index is 0.586. The van der Waals surface area contributed by atoms with Gasteiger partial charge in [-0.3, -0.25) is 4.90 Å². The third-order valence-electron chi connectivity index (χ3n) is 3.54. The highest BCUT2D eigenvalue weighted by Gasteiger charge is 2.23. The number of likely N-dealkylation sites (N-methyl/N-ethyl adjacent to an activating group) is 1. The number of aryl methyl sites for hydroxylation is 1. The fraction of sp³-hybridized carbons (Fsp3) is 0.692. The van der Waals surface area contributed by atoms with E-state index in [9.17, 15) is 0 Å². The van der Waals surface area contributed by atoms with Crippen molar-refractivity contribution in [1.29, 1.82) is 0 Å². The standard InChI is InChI=1S/C13H21BrN4/c1-4-12-15-11(14)8-13(16-12)18-7-6-17(5-2)10(3)9-18/h8,10H,4-7,9H2,1-3H3. The highest BCUT2D eigenvalue weighted by molar-refractivity contribution is 9.10. The Morgan fingerprint density at radius 2 is 2.11 bits per heavy atom. The molecule has 100 valence electrons. The van der Waals surface area contributed by atoms with Gasteiger partial charge in [-0.05, 0) is 29.4 Å². The summed E-state index contributed by atoms with van der Waals surface area (Å²) in [5.74, 6) is 1.96. The predicted molar refractivity (Wildman–Crippen MR) is 78.0 cm³/mol. The number of nitrogens with zero attached hydrogens (tertiary/aromatic N) is 4. The SMILES string of the molecule is CCc1nc(Br)cc(N2CCN(CC)C(C)C2)n1. The van der Waals surface area contributed by atoms with Crippen LogP contribution in [0.25, 0.3) is 0 Å². The number of aromatic nitrogens is 2. The lowest BCUT2D eigenvalue weighted by Gasteiger charge is -2.40. The first-order valence-corrected chi connectivity index (χ1v) is 7.45. The van der Waals surface area contributed by atoms with Crippen LogP contribution in [0.5, 0.6) is 0 Å². The Bertz CT molecular complexity index is 410. The third kappa shape index (κ3) is 3.01. The molecule has 0 aromatic carbocycles. The first kappa shape index (κ1) is 13.7. The van der Waals surface area contributed by atoms with E-state index < -0.39 is 0 Å². The van der Waals surface area contributed by atoms with Crippen LogP contribution in [0.15, 0.2) is 10.7 Å². The topological polar surface area (TPSA) is 32.3 Å². The molecule has 0 amide bonds. The predicted octanol–water partition coefficient (Wildman–Crippen LogP) is 2.33. The third-order valence-corrected chi connectivity index (χ3v) is 3.95. The summed E-state index contributed by atoms with van der Waals surface area (Å²) in [6, 6.07) is 2.61. The Kier molecular flexibility index (Phi) is 4.56. The molecule has 18 heavy (non-hydrogen) atoms. The molecule has 1 aliphatic rings. The van der Waals surface area contributed by atoms with Crippen LogP contribution in [0.3, 0.4) is 0 Å². The molecule has 1 aromatic rings. The highest BCUT2D eigenvalue weighted by atomic mass is 79.9. The van der Waals surface area contributed by atoms with Gasteiger partial charge in [0.25, 0.3) is 0 Å². The van der Waals surface area contributed by atoms with Crippen LogP contribution in [0.1, 0.15) is 26.6 Å². The van der Waals surface area contributed by atoms with Crippen LogP contribution in [0.4, 0.5) is 5.82 Å². The molecule has 1 atom stereocenters. The van der Waals surface area contributed by atoms with E-state index in [-0.39, 0.29) is 0 Å². The van der Waals surface area contributed by atoms with Crippen molar-refractivity contribution in [2.75, 3.05) is 31.1 Å². The summed E-state index contributed by atoms with van der Waals surface area (Å²) in [5.41, 5.74) is 0. The van der Waals surface area contributed by atoms with E-state index in [4.69, 9.17) is 0 Å². The van der Waals surface area contributed by atoms with Crippen molar-refractivity contribution in [2.45, 2.75) is 33.2 Å². The summed E-state index contributed by atoms with van der Waals surface area (Å²) in [4.78, 5) is 13.9. The maximum absolute atomic E-state index is 4.63. The summed E-state index contributed by atoms with van der Waals surface area (Å²) in [6.07, 6.45) is 0.872. The molecule has 0 spiro atoms. The van der Waals surface area contributed by atoms with Gasteiger partial charge in [-0.2, -0.15) is 0 Å². The molecule has 2 heterocycles. The van der Waals surface area contributed by atoms with Crippen molar-refractivity contribution < 1.29 is 0 Å². The number of halogens is 1. The normalized spacial score (nSPS) is 21.3. The fourth-order valence-electron chi connectivity index (χ4n) is 2.44. The molecule has 0 saturated carbocycles. The summed E-state index contributed by atoms with van der Waals surface area (Å²) < 4.78 is 0.884. The van der Waals surface area contributed by atoms with E-state index in [0.717, 1.165) is 48.8 Å². The van der Waals surface area contributed by atoms with Gasteiger partial charge in [0.1, 0.15) is 16.2 Å². The van der Waals surface area contributed by atoms with Crippen LogP contribution in [0, 0.1) is 0 Å². The van der Waals surface area contributed by atoms with Crippen molar-refractivity contribution in [3.63, 3.8) is 0 Å². The maximum atomic E-state index is 4.63. The van der Waals surface area contributed by atoms with Crippen LogP contribution < -0.4 is 4.90 Å². The monoisotopic (exact) mass is 312 g/mol. The molecule has 0 bridgehead atoms. The molecule has 5 heteroatoms. The van der Waals surface area contributed by atoms with E-state index in [2.05, 4.69) is 56.5 Å². The maximum Gasteiger partial charge on any atom is 0.133 e. The molecule has 0 aliphatic carbocycles. The van der Waals surface area contributed by atoms with E-state index in [1.54, 1.807) is 0 Å². The first-order chi connectivity index (χ1) is 8.63. The minimum Gasteiger partial charge on any atom is -0.354 e. The quantitative estimate of drug-likeness (QED) is 0.802. The second-order valence-corrected chi connectivity index (χ2v) is 5.55. The van der Waals surface area contributed by atoms with Gasteiger partial charge in [-0.1, -0.05) is 13.8 Å². The Balaban J connectivity index is 2.15. The Morgan fingerprint density at radius 1 is 1.33 bits per heavy atom. The molecule has 0 N–H and O–H groups in total. The molecule has 1 aromatic heterocycles. The van der Waals surface area contributed by atoms with Crippen molar-refractivity contribution in [3.05, 3.63) is 16.5 Å². The van der Waals surface area contributed by atoms with Gasteiger partial charge >= 0.3 is 0 Å². The highest BCUT2D eigenvalue weighted by Crippen LogP contribution is 2.20. The Labute approximate surface area is 118 Å². The average Bonchev–Trinajstić information content (AvgIpc) is 2.37. The lowest BCUT2D eigenvalue weighted by atomic mass is 10.2. The average molecular weight is 313 g/mol. The minimum atomic E-state index is 0.586. The molecule has 0 radical (unpaired) electrons. The summed E-state index contributed by atoms with van der Waals surface area (Å²) >= 11 is 3.47. The van der Waals surface area contributed by atoms with Gasteiger partial charge in [-0.15, -0.1) is 0 Å². The Hall–Kier alpha value is -0.680. The van der Waals surface area contributed by atoms with Crippen molar-refractivity contribution >= 4 is 21.7 Å². The molecule has 4 nitrogen and oxygen atoms in total. The van der Waals surface area contributed by atoms with E-state index >= 15 is 0 Å². The molecule has 1 saturated heterocycles. The fourth-order valence-corrected chi connectivity index (χ4v) is 2.85. The number of piperazine rings is 1. The second kappa shape index (κ2) is 5.97. The van der Waals surface area contributed by atoms with Gasteiger partial charge in [0.05, 0.1) is 0 Å². The van der Waals surface area contributed by atoms with Crippen molar-refractivity contribution in [2.24, 2.45) is 0 Å². The van der Waals surface area contributed by atoms with Crippen molar-refractivity contribution in [1.82, 2.24) is 14.9 Å². The largest absolute Gasteiger partial charge is 0.354 e. The zero-order chi connectivity index (χ0) is 13.1. The van der Waals surface area contributed by atoms with E-state index in [1.165, 1.54) is 0 Å². The number of hydrogen-bond acceptors (Lipinski definition) is 4. The van der Waals surface area contributed by atoms with Crippen LogP contribution >= 0.6 is 15.9 Å². The summed E-state index contributed by atoms with van der Waals surface area (Å²) in [7, 11) is 0. The Morgan fingerprint density at radius 3 is 2.72 bits per heavy atom. The summed E-state index contributed by atoms with van der Waals surface area (Å²) in [6.45, 7) is 10.9. The van der Waals surface area contributed by atoms with Crippen molar-refractivity contribution in [3.8, 4) is 0 Å². The van der Waals surface area contributed by atoms with Crippen LogP contribution in [0.2, 0.25) is 0 Å². The molecule has 1 aliphatic heterocycles. The lowest BCUT2D eigenvalue weighted by Crippen LogP contribution is -2.52. The zero-order valence-corrected chi connectivity index (χ0v) is 12.9. The van der Waals surface area contributed by atoms with Crippen LogP contribution in [-0.2, 0) is 6.42 Å². The molecular weight excluding hydrogens is 292 g/mol. The van der Waals surface area contributed by atoms with Gasteiger partial charge in [0, 0.05) is 38.2 Å². The lowest BCUT2D eigenvalue weighted by molar-refractivity contribution is 0.199. The summed E-state index contributed by atoms with van der Waals surface area (Å²) in [5, 5.41) is 0. The van der Waals surface area contributed by atoms with Gasteiger partial charge in [0.2, 0.25) is 0 Å². The van der Waals surface area contributed by atoms with Gasteiger partial charge in [-0.25, -0.2) is 9.97 Å². The van der Waals surface area contributed by atoms with E-state index in [0.29, 0.717) is 6.04 Å². The first-order valence-electron chi connectivity index (χ1n) is 6.66. The molecule has 2 rings (SSSR count). The molecular formula is C13H21BrN4. The van der Waals surface area contributed by atoms with Gasteiger partial charge in [0.15, 0.2) is 0 Å².